The van der Waals surface area contributed by atoms with Gasteiger partial charge < -0.3 is 9.97 Å². The van der Waals surface area contributed by atoms with E-state index in [1.807, 2.05) is 60.0 Å². The molecule has 181 valence electrons. The number of nitrogens with zero attached hydrogens (tertiary/aromatic N) is 2. The van der Waals surface area contributed by atoms with E-state index in [2.05, 4.69) is 85.3 Å². The average Bonchev–Trinajstić information content (AvgIpc) is 3.28. The predicted octanol–water partition coefficient (Wildman–Crippen LogP) is 8.01. The molecule has 1 radical (unpaired) electrons. The van der Waals surface area contributed by atoms with Gasteiger partial charge in [0, 0.05) is 37.2 Å². The molecule has 0 saturated carbocycles. The molecule has 6 rings (SSSR count). The van der Waals surface area contributed by atoms with Crippen molar-refractivity contribution in [2.45, 2.75) is 19.6 Å². The Hall–Kier alpha value is -2.95. The minimum absolute atomic E-state index is 0. The van der Waals surface area contributed by atoms with E-state index in [1.165, 1.54) is 25.4 Å². The normalized spacial score (nSPS) is 11.0. The van der Waals surface area contributed by atoms with Crippen LogP contribution in [0.3, 0.4) is 0 Å². The molecule has 0 aliphatic carbocycles. The quantitative estimate of drug-likeness (QED) is 0.140. The number of fused-ring (bicyclic) bond motifs is 3. The van der Waals surface area contributed by atoms with Crippen LogP contribution < -0.4 is 5.19 Å². The third kappa shape index (κ3) is 5.88. The molecule has 0 atom stereocenters. The maximum absolute atomic E-state index is 4.69. The van der Waals surface area contributed by atoms with Crippen molar-refractivity contribution in [2.24, 2.45) is 0 Å². The summed E-state index contributed by atoms with van der Waals surface area (Å²) in [6.07, 6.45) is 3.83. The first kappa shape index (κ1) is 26.1. The van der Waals surface area contributed by atoms with Gasteiger partial charge in [0.15, 0.2) is 0 Å². The molecule has 0 unspecified atom stereocenters. The molecule has 3 aromatic heterocycles. The van der Waals surface area contributed by atoms with Gasteiger partial charge in [-0.1, -0.05) is 67.5 Å². The molecule has 6 aromatic rings. The van der Waals surface area contributed by atoms with Gasteiger partial charge in [0.05, 0.1) is 8.07 Å². The Morgan fingerprint density at radius 1 is 0.694 bits per heavy atom. The van der Waals surface area contributed by atoms with E-state index in [0.717, 1.165) is 22.5 Å². The van der Waals surface area contributed by atoms with E-state index in [1.54, 1.807) is 6.20 Å². The monoisotopic (exact) mass is 679 g/mol. The average molecular weight is 679 g/mol. The van der Waals surface area contributed by atoms with E-state index in [9.17, 15) is 0 Å². The number of benzene rings is 3. The van der Waals surface area contributed by atoms with E-state index < -0.39 is 8.07 Å². The van der Waals surface area contributed by atoms with Gasteiger partial charge in [-0.15, -0.1) is 59.7 Å². The molecule has 0 saturated heterocycles. The third-order valence-electron chi connectivity index (χ3n) is 5.87. The first-order valence-corrected chi connectivity index (χ1v) is 16.0. The number of aromatic nitrogens is 2. The number of hydrogen-bond acceptors (Lipinski definition) is 3. The molecule has 0 amide bonds. The minimum atomic E-state index is -1.30. The van der Waals surface area contributed by atoms with Crippen LogP contribution in [0.4, 0.5) is 0 Å². The maximum Gasteiger partial charge on any atom is 0.0795 e. The van der Waals surface area contributed by atoms with Crippen LogP contribution in [0, 0.1) is 12.1 Å². The summed E-state index contributed by atoms with van der Waals surface area (Å²) < 4.78 is 2.61. The van der Waals surface area contributed by atoms with Gasteiger partial charge in [0.25, 0.3) is 0 Å². The molecule has 0 spiro atoms. The zero-order valence-electron chi connectivity index (χ0n) is 20.5. The number of thiophene rings is 1. The summed E-state index contributed by atoms with van der Waals surface area (Å²) >= 11 is 1.83. The zero-order chi connectivity index (χ0) is 24.3. The Balaban J connectivity index is 0.000000198. The smallest absolute Gasteiger partial charge is 0.0795 e. The summed E-state index contributed by atoms with van der Waals surface area (Å²) in [5.41, 5.74) is 4.09. The fourth-order valence-electron chi connectivity index (χ4n) is 3.89. The molecule has 36 heavy (non-hydrogen) atoms. The van der Waals surface area contributed by atoms with Crippen LogP contribution in [0.2, 0.25) is 19.6 Å². The summed E-state index contributed by atoms with van der Waals surface area (Å²) in [6.45, 7) is 7.04. The summed E-state index contributed by atoms with van der Waals surface area (Å²) in [5, 5.41) is 4.01. The SMILES string of the molecule is C[Si](C)(C)c1ccc(-c2[c-]cc3sc4ccccc4c3c2)nc1.[Ir].[c-]1ccccc1-c1ccccn1. The van der Waals surface area contributed by atoms with Crippen molar-refractivity contribution in [3.63, 3.8) is 0 Å². The van der Waals surface area contributed by atoms with Crippen LogP contribution in [0.1, 0.15) is 0 Å². The van der Waals surface area contributed by atoms with E-state index in [-0.39, 0.29) is 20.1 Å². The Labute approximate surface area is 231 Å². The Bertz CT molecular complexity index is 1520. The molecule has 3 heterocycles. The minimum Gasteiger partial charge on any atom is -0.305 e. The summed E-state index contributed by atoms with van der Waals surface area (Å²) in [6, 6.07) is 37.5. The standard InChI is InChI=1S/C20H18NSSi.C11H8N.Ir/c1-23(2,3)15-9-10-18(21-13-15)14-8-11-20-17(12-14)16-6-4-5-7-19(16)22-20;1-2-6-10(7-3-1)11-8-4-5-9-12-11;/h4-7,9-13H,1-3H3;1-6,8-9H;/q2*-1;. The van der Waals surface area contributed by atoms with Crippen LogP contribution in [0.25, 0.3) is 42.7 Å². The van der Waals surface area contributed by atoms with Crippen molar-refractivity contribution >= 4 is 44.8 Å². The summed E-state index contributed by atoms with van der Waals surface area (Å²) in [5.74, 6) is 0. The summed E-state index contributed by atoms with van der Waals surface area (Å²) in [4.78, 5) is 8.91. The van der Waals surface area contributed by atoms with Crippen LogP contribution in [-0.2, 0) is 20.1 Å². The first-order valence-electron chi connectivity index (χ1n) is 11.7. The molecule has 2 nitrogen and oxygen atoms in total. The Morgan fingerprint density at radius 3 is 2.17 bits per heavy atom. The van der Waals surface area contributed by atoms with E-state index >= 15 is 0 Å². The molecule has 0 aliphatic heterocycles. The zero-order valence-corrected chi connectivity index (χ0v) is 24.7. The molecular formula is C31H26IrN2SSi-2. The van der Waals surface area contributed by atoms with Crippen molar-refractivity contribution in [3.8, 4) is 22.5 Å². The molecular weight excluding hydrogens is 653 g/mol. The molecule has 0 N–H and O–H groups in total. The Kier molecular flexibility index (Phi) is 8.27. The van der Waals surface area contributed by atoms with E-state index in [4.69, 9.17) is 4.98 Å². The van der Waals surface area contributed by atoms with Crippen molar-refractivity contribution in [1.29, 1.82) is 0 Å². The molecule has 0 bridgehead atoms. The van der Waals surface area contributed by atoms with Gasteiger partial charge in [-0.3, -0.25) is 0 Å². The van der Waals surface area contributed by atoms with E-state index in [0.29, 0.717) is 0 Å². The van der Waals surface area contributed by atoms with Gasteiger partial charge in [0.2, 0.25) is 0 Å². The largest absolute Gasteiger partial charge is 0.305 e. The second-order valence-corrected chi connectivity index (χ2v) is 15.6. The van der Waals surface area contributed by atoms with Crippen LogP contribution in [0.15, 0.2) is 103 Å². The molecule has 0 aliphatic rings. The van der Waals surface area contributed by atoms with Crippen LogP contribution in [-0.4, -0.2) is 18.0 Å². The second-order valence-electron chi connectivity index (χ2n) is 9.40. The number of hydrogen-bond donors (Lipinski definition) is 0. The van der Waals surface area contributed by atoms with Gasteiger partial charge in [-0.2, -0.15) is 11.3 Å². The summed E-state index contributed by atoms with van der Waals surface area (Å²) in [7, 11) is -1.30. The number of pyridine rings is 2. The van der Waals surface area contributed by atoms with Crippen molar-refractivity contribution in [2.75, 3.05) is 0 Å². The van der Waals surface area contributed by atoms with Crippen molar-refractivity contribution in [3.05, 3.63) is 116 Å². The molecule has 5 heteroatoms. The second kappa shape index (κ2) is 11.4. The van der Waals surface area contributed by atoms with Crippen molar-refractivity contribution in [1.82, 2.24) is 9.97 Å². The molecule has 3 aromatic carbocycles. The molecule has 0 fully saturated rings. The fourth-order valence-corrected chi connectivity index (χ4v) is 5.99. The Morgan fingerprint density at radius 2 is 1.47 bits per heavy atom. The van der Waals surface area contributed by atoms with Gasteiger partial charge in [0.1, 0.15) is 0 Å². The van der Waals surface area contributed by atoms with Crippen LogP contribution >= 0.6 is 11.3 Å². The predicted molar refractivity (Wildman–Crippen MR) is 153 cm³/mol. The number of rotatable bonds is 3. The van der Waals surface area contributed by atoms with Gasteiger partial charge in [-0.25, -0.2) is 0 Å². The first-order chi connectivity index (χ1) is 17.0. The topological polar surface area (TPSA) is 25.8 Å². The third-order valence-corrected chi connectivity index (χ3v) is 9.03. The van der Waals surface area contributed by atoms with Crippen molar-refractivity contribution < 1.29 is 20.1 Å². The van der Waals surface area contributed by atoms with Gasteiger partial charge in [-0.05, 0) is 38.8 Å². The van der Waals surface area contributed by atoms with Crippen LogP contribution in [0.5, 0.6) is 0 Å². The fraction of sp³-hybridized carbons (Fsp3) is 0.0968. The maximum atomic E-state index is 4.69. The van der Waals surface area contributed by atoms with Gasteiger partial charge >= 0.3 is 0 Å².